The van der Waals surface area contributed by atoms with E-state index in [-0.39, 0.29) is 23.1 Å². The fourth-order valence-electron chi connectivity index (χ4n) is 2.35. The number of benzene rings is 1. The molecule has 0 unspecified atom stereocenters. The van der Waals surface area contributed by atoms with E-state index in [4.69, 9.17) is 4.74 Å². The maximum Gasteiger partial charge on any atom is 0.369 e. The van der Waals surface area contributed by atoms with Gasteiger partial charge in [-0.2, -0.15) is 0 Å². The Hall–Kier alpha value is -1.04. The van der Waals surface area contributed by atoms with Gasteiger partial charge in [-0.3, -0.25) is 4.79 Å². The number of aliphatic hydroxyl groups is 1. The van der Waals surface area contributed by atoms with E-state index in [1.807, 2.05) is 52.0 Å². The molecular weight excluding hydrogens is 379 g/mol. The standard InChI is InChI=1S/C17H21IO3/c1-11(2)21-15-8-6-5-7-12(15)18-16-13(19)9-17(3,4)10-14(16)20/h5-8,11H,9-10H2,1-4H3/p+1. The molecule has 0 bridgehead atoms. The highest BCUT2D eigenvalue weighted by Crippen LogP contribution is 2.33. The van der Waals surface area contributed by atoms with E-state index in [1.54, 1.807) is 0 Å². The van der Waals surface area contributed by atoms with E-state index in [0.29, 0.717) is 16.4 Å². The molecule has 2 rings (SSSR count). The fraction of sp³-hybridized carbons (Fsp3) is 0.471. The Bertz CT molecular complexity index is 573. The van der Waals surface area contributed by atoms with Crippen molar-refractivity contribution in [1.82, 2.24) is 0 Å². The first-order valence-corrected chi connectivity index (χ1v) is 9.30. The van der Waals surface area contributed by atoms with E-state index in [2.05, 4.69) is 0 Å². The molecule has 1 aliphatic carbocycles. The van der Waals surface area contributed by atoms with Crippen LogP contribution in [0.25, 0.3) is 0 Å². The second-order valence-corrected chi connectivity index (χ2v) is 9.17. The van der Waals surface area contributed by atoms with E-state index >= 15 is 0 Å². The minimum Gasteiger partial charge on any atom is -0.507 e. The second-order valence-electron chi connectivity index (χ2n) is 6.39. The molecule has 3 nitrogen and oxygen atoms in total. The Labute approximate surface area is 136 Å². The summed E-state index contributed by atoms with van der Waals surface area (Å²) in [6.45, 7) is 8.01. The van der Waals surface area contributed by atoms with E-state index in [9.17, 15) is 9.90 Å². The maximum atomic E-state index is 12.3. The van der Waals surface area contributed by atoms with Gasteiger partial charge in [0.1, 0.15) is 0 Å². The van der Waals surface area contributed by atoms with Crippen molar-refractivity contribution in [2.45, 2.75) is 46.6 Å². The van der Waals surface area contributed by atoms with Gasteiger partial charge in [0.2, 0.25) is 9.35 Å². The molecule has 4 heteroatoms. The number of Topliss-reactive ketones (excluding diaryl/α,β-unsaturated/α-hetero) is 1. The first-order valence-electron chi connectivity index (χ1n) is 7.14. The number of carbonyl (C=O) groups is 1. The third-order valence-electron chi connectivity index (χ3n) is 3.18. The minimum atomic E-state index is -0.716. The Morgan fingerprint density at radius 3 is 2.52 bits per heavy atom. The van der Waals surface area contributed by atoms with E-state index < -0.39 is 21.2 Å². The van der Waals surface area contributed by atoms with Crippen LogP contribution >= 0.6 is 0 Å². The number of hydrogen-bond acceptors (Lipinski definition) is 3. The quantitative estimate of drug-likeness (QED) is 0.763. The summed E-state index contributed by atoms with van der Waals surface area (Å²) in [5.74, 6) is 1.21. The SMILES string of the molecule is CC(C)Oc1ccccc1[I+]C1=C(O)CC(C)(C)CC1=O. The Morgan fingerprint density at radius 2 is 1.90 bits per heavy atom. The van der Waals surface area contributed by atoms with Crippen LogP contribution < -0.4 is 25.9 Å². The molecule has 0 amide bonds. The summed E-state index contributed by atoms with van der Waals surface area (Å²) < 4.78 is 7.51. The van der Waals surface area contributed by atoms with Gasteiger partial charge in [-0.15, -0.1) is 0 Å². The normalized spacial score (nSPS) is 18.2. The van der Waals surface area contributed by atoms with Gasteiger partial charge in [0.15, 0.2) is 11.5 Å². The molecule has 0 saturated carbocycles. The van der Waals surface area contributed by atoms with Crippen molar-refractivity contribution in [2.24, 2.45) is 5.41 Å². The zero-order chi connectivity index (χ0) is 15.6. The lowest BCUT2D eigenvalue weighted by atomic mass is 9.79. The van der Waals surface area contributed by atoms with Crippen LogP contribution in [0.2, 0.25) is 0 Å². The van der Waals surface area contributed by atoms with Crippen molar-refractivity contribution in [3.05, 3.63) is 37.2 Å². The number of hydrogen-bond donors (Lipinski definition) is 1. The summed E-state index contributed by atoms with van der Waals surface area (Å²) >= 11 is -0.716. The van der Waals surface area contributed by atoms with Crippen molar-refractivity contribution < 1.29 is 35.8 Å². The lowest BCUT2D eigenvalue weighted by Crippen LogP contribution is -3.61. The van der Waals surface area contributed by atoms with Gasteiger partial charge in [-0.1, -0.05) is 26.0 Å². The Morgan fingerprint density at radius 1 is 1.24 bits per heavy atom. The molecule has 1 aromatic carbocycles. The second kappa shape index (κ2) is 6.38. The summed E-state index contributed by atoms with van der Waals surface area (Å²) in [6, 6.07) is 7.82. The van der Waals surface area contributed by atoms with Crippen molar-refractivity contribution in [2.75, 3.05) is 0 Å². The van der Waals surface area contributed by atoms with Crippen LogP contribution in [-0.4, -0.2) is 17.0 Å². The van der Waals surface area contributed by atoms with Crippen molar-refractivity contribution in [3.8, 4) is 5.75 Å². The van der Waals surface area contributed by atoms with Gasteiger partial charge in [0.05, 0.1) is 6.10 Å². The van der Waals surface area contributed by atoms with Gasteiger partial charge in [-0.25, -0.2) is 0 Å². The predicted molar refractivity (Wildman–Crippen MR) is 78.6 cm³/mol. The summed E-state index contributed by atoms with van der Waals surface area (Å²) in [4.78, 5) is 12.3. The lowest BCUT2D eigenvalue weighted by Gasteiger charge is -2.26. The van der Waals surface area contributed by atoms with Crippen LogP contribution in [0.3, 0.4) is 0 Å². The number of carbonyl (C=O) groups excluding carboxylic acids is 1. The van der Waals surface area contributed by atoms with Gasteiger partial charge < -0.3 is 9.84 Å². The molecule has 0 saturated heterocycles. The first kappa shape index (κ1) is 16.3. The van der Waals surface area contributed by atoms with Crippen molar-refractivity contribution in [1.29, 1.82) is 0 Å². The number of aliphatic hydroxyl groups excluding tert-OH is 1. The van der Waals surface area contributed by atoms with Crippen LogP contribution in [0.4, 0.5) is 0 Å². The largest absolute Gasteiger partial charge is 0.507 e. The zero-order valence-corrected chi connectivity index (χ0v) is 15.1. The smallest absolute Gasteiger partial charge is 0.369 e. The van der Waals surface area contributed by atoms with Crippen molar-refractivity contribution in [3.63, 3.8) is 0 Å². The number of rotatable bonds is 4. The summed E-state index contributed by atoms with van der Waals surface area (Å²) in [5, 5.41) is 10.3. The first-order chi connectivity index (χ1) is 9.78. The fourth-order valence-corrected chi connectivity index (χ4v) is 4.88. The highest BCUT2D eigenvalue weighted by molar-refractivity contribution is 5.94. The van der Waals surface area contributed by atoms with Crippen LogP contribution in [-0.2, 0) is 4.79 Å². The molecule has 0 radical (unpaired) electrons. The molecule has 0 fully saturated rings. The minimum absolute atomic E-state index is 0.0934. The molecule has 114 valence electrons. The molecular formula is C17H22IO3+. The summed E-state index contributed by atoms with van der Waals surface area (Å²) in [6.07, 6.45) is 1.19. The molecule has 1 aliphatic rings. The van der Waals surface area contributed by atoms with Crippen LogP contribution in [0, 0.1) is 8.99 Å². The number of halogens is 1. The molecule has 0 aliphatic heterocycles. The van der Waals surface area contributed by atoms with Gasteiger partial charge in [-0.05, 0) is 31.4 Å². The average molecular weight is 401 g/mol. The average Bonchev–Trinajstić information content (AvgIpc) is 2.33. The van der Waals surface area contributed by atoms with E-state index in [0.717, 1.165) is 9.32 Å². The van der Waals surface area contributed by atoms with E-state index in [1.165, 1.54) is 0 Å². The highest BCUT2D eigenvalue weighted by Gasteiger charge is 2.41. The number of ether oxygens (including phenoxy) is 1. The molecule has 1 aromatic rings. The third-order valence-corrected chi connectivity index (χ3v) is 6.41. The monoisotopic (exact) mass is 401 g/mol. The Balaban J connectivity index is 2.28. The molecule has 0 heterocycles. The summed E-state index contributed by atoms with van der Waals surface area (Å²) in [5.41, 5.74) is -0.137. The number of allylic oxidation sites excluding steroid dienone is 2. The molecule has 0 atom stereocenters. The zero-order valence-electron chi connectivity index (χ0n) is 12.9. The lowest BCUT2D eigenvalue weighted by molar-refractivity contribution is -0.574. The van der Waals surface area contributed by atoms with Gasteiger partial charge in [0.25, 0.3) is 3.58 Å². The Kier molecular flexibility index (Phi) is 4.96. The van der Waals surface area contributed by atoms with Crippen LogP contribution in [0.5, 0.6) is 5.75 Å². The van der Waals surface area contributed by atoms with Crippen molar-refractivity contribution >= 4 is 5.78 Å². The maximum absolute atomic E-state index is 12.3. The molecule has 0 aromatic heterocycles. The van der Waals surface area contributed by atoms with Crippen LogP contribution in [0.15, 0.2) is 33.6 Å². The molecule has 1 N–H and O–H groups in total. The predicted octanol–water partition coefficient (Wildman–Crippen LogP) is 0.891. The summed E-state index contributed by atoms with van der Waals surface area (Å²) in [7, 11) is 0. The molecule has 0 spiro atoms. The third kappa shape index (κ3) is 4.22. The number of para-hydroxylation sites is 1. The highest BCUT2D eigenvalue weighted by atomic mass is 127. The molecule has 21 heavy (non-hydrogen) atoms. The van der Waals surface area contributed by atoms with Gasteiger partial charge in [0, 0.05) is 12.8 Å². The topological polar surface area (TPSA) is 46.5 Å². The van der Waals surface area contributed by atoms with Gasteiger partial charge >= 0.3 is 21.2 Å². The van der Waals surface area contributed by atoms with Crippen LogP contribution in [0.1, 0.15) is 40.5 Å². The number of ketones is 1.